The molecule has 0 aliphatic carbocycles. The van der Waals surface area contributed by atoms with Gasteiger partial charge in [-0.1, -0.05) is 22.9 Å². The number of methoxy groups -OCH3 is 1. The van der Waals surface area contributed by atoms with Crippen molar-refractivity contribution >= 4 is 15.9 Å². The van der Waals surface area contributed by atoms with Gasteiger partial charge in [0.2, 0.25) is 0 Å². The molecule has 0 aromatic heterocycles. The van der Waals surface area contributed by atoms with Gasteiger partial charge in [-0.15, -0.1) is 0 Å². The van der Waals surface area contributed by atoms with Gasteiger partial charge in [-0.3, -0.25) is 0 Å². The lowest BCUT2D eigenvalue weighted by molar-refractivity contribution is 0.144. The van der Waals surface area contributed by atoms with Crippen LogP contribution in [0.2, 0.25) is 0 Å². The molecule has 0 heterocycles. The Labute approximate surface area is 136 Å². The third kappa shape index (κ3) is 6.24. The highest BCUT2D eigenvalue weighted by Gasteiger charge is 2.14. The van der Waals surface area contributed by atoms with E-state index in [-0.39, 0.29) is 0 Å². The van der Waals surface area contributed by atoms with Crippen molar-refractivity contribution in [2.75, 3.05) is 33.5 Å². The maximum atomic E-state index is 5.87. The first-order chi connectivity index (χ1) is 10.2. The van der Waals surface area contributed by atoms with Crippen molar-refractivity contribution in [3.8, 4) is 11.5 Å². The first-order valence-corrected chi connectivity index (χ1v) is 8.30. The lowest BCUT2D eigenvalue weighted by atomic mass is 10.1. The number of hydrogen-bond donors (Lipinski definition) is 1. The van der Waals surface area contributed by atoms with Crippen molar-refractivity contribution in [2.24, 2.45) is 0 Å². The molecule has 0 unspecified atom stereocenters. The van der Waals surface area contributed by atoms with Crippen LogP contribution in [0.15, 0.2) is 16.6 Å². The predicted octanol–water partition coefficient (Wildman–Crippen LogP) is 3.76. The molecule has 1 N–H and O–H groups in total. The Morgan fingerprint density at radius 2 is 2.00 bits per heavy atom. The normalized spacial score (nSPS) is 10.7. The molecular formula is C16H26BrNO3. The minimum absolute atomic E-state index is 0.685. The van der Waals surface area contributed by atoms with E-state index in [1.807, 2.05) is 19.1 Å². The maximum absolute atomic E-state index is 5.87. The van der Waals surface area contributed by atoms with E-state index >= 15 is 0 Å². The zero-order valence-electron chi connectivity index (χ0n) is 13.2. The van der Waals surface area contributed by atoms with Crippen molar-refractivity contribution in [2.45, 2.75) is 33.2 Å². The van der Waals surface area contributed by atoms with E-state index in [0.29, 0.717) is 6.61 Å². The topological polar surface area (TPSA) is 39.7 Å². The molecule has 0 bridgehead atoms. The van der Waals surface area contributed by atoms with Gasteiger partial charge in [0.25, 0.3) is 0 Å². The summed E-state index contributed by atoms with van der Waals surface area (Å²) in [7, 11) is 1.67. The van der Waals surface area contributed by atoms with E-state index in [1.54, 1.807) is 7.11 Å². The summed E-state index contributed by atoms with van der Waals surface area (Å²) in [6.45, 7) is 8.01. The summed E-state index contributed by atoms with van der Waals surface area (Å²) in [5.41, 5.74) is 1.10. The zero-order chi connectivity index (χ0) is 15.5. The van der Waals surface area contributed by atoms with Gasteiger partial charge in [0.05, 0.1) is 13.7 Å². The Hall–Kier alpha value is -0.780. The second-order valence-electron chi connectivity index (χ2n) is 4.63. The molecule has 0 aliphatic heterocycles. The molecule has 1 aromatic carbocycles. The van der Waals surface area contributed by atoms with Crippen LogP contribution in [0.25, 0.3) is 0 Å². The zero-order valence-corrected chi connectivity index (χ0v) is 14.8. The van der Waals surface area contributed by atoms with Crippen LogP contribution in [0.4, 0.5) is 0 Å². The lowest BCUT2D eigenvalue weighted by Gasteiger charge is -2.17. The van der Waals surface area contributed by atoms with Gasteiger partial charge < -0.3 is 19.5 Å². The second-order valence-corrected chi connectivity index (χ2v) is 5.49. The summed E-state index contributed by atoms with van der Waals surface area (Å²) in [6.07, 6.45) is 1.97. The maximum Gasteiger partial charge on any atom is 0.166 e. The van der Waals surface area contributed by atoms with Gasteiger partial charge in [0.15, 0.2) is 11.5 Å². The number of nitrogens with one attached hydrogen (secondary N) is 1. The minimum atomic E-state index is 0.685. The van der Waals surface area contributed by atoms with E-state index in [0.717, 1.165) is 60.7 Å². The van der Waals surface area contributed by atoms with Crippen molar-refractivity contribution in [3.05, 3.63) is 22.2 Å². The Kier molecular flexibility index (Phi) is 9.46. The van der Waals surface area contributed by atoms with Crippen LogP contribution in [0, 0.1) is 0 Å². The number of rotatable bonds is 11. The molecule has 120 valence electrons. The standard InChI is InChI=1S/C16H26BrNO3/c1-4-10-21-16-13(12-18-9-6-11-20-5-2)14(17)7-8-15(16)19-3/h7-8,18H,4-6,9-12H2,1-3H3. The summed E-state index contributed by atoms with van der Waals surface area (Å²) in [5.74, 6) is 1.60. The van der Waals surface area contributed by atoms with Gasteiger partial charge in [-0.25, -0.2) is 0 Å². The molecule has 21 heavy (non-hydrogen) atoms. The van der Waals surface area contributed by atoms with Gasteiger partial charge >= 0.3 is 0 Å². The molecule has 0 spiro atoms. The molecular weight excluding hydrogens is 334 g/mol. The molecule has 0 atom stereocenters. The van der Waals surface area contributed by atoms with Gasteiger partial charge in [-0.2, -0.15) is 0 Å². The summed E-state index contributed by atoms with van der Waals surface area (Å²) in [6, 6.07) is 3.92. The fourth-order valence-corrected chi connectivity index (χ4v) is 2.38. The molecule has 0 fully saturated rings. The van der Waals surface area contributed by atoms with Gasteiger partial charge in [-0.05, 0) is 38.4 Å². The van der Waals surface area contributed by atoms with Crippen molar-refractivity contribution < 1.29 is 14.2 Å². The van der Waals surface area contributed by atoms with E-state index in [4.69, 9.17) is 14.2 Å². The lowest BCUT2D eigenvalue weighted by Crippen LogP contribution is -2.17. The largest absolute Gasteiger partial charge is 0.493 e. The van der Waals surface area contributed by atoms with Gasteiger partial charge in [0, 0.05) is 29.8 Å². The van der Waals surface area contributed by atoms with Crippen LogP contribution in [0.5, 0.6) is 11.5 Å². The summed E-state index contributed by atoms with van der Waals surface area (Å²) < 4.78 is 17.6. The van der Waals surface area contributed by atoms with Crippen LogP contribution < -0.4 is 14.8 Å². The molecule has 4 nitrogen and oxygen atoms in total. The molecule has 1 aromatic rings. The average Bonchev–Trinajstić information content (AvgIpc) is 2.50. The third-order valence-electron chi connectivity index (χ3n) is 2.99. The number of hydrogen-bond acceptors (Lipinski definition) is 4. The SMILES string of the molecule is CCCOc1c(OC)ccc(Br)c1CNCCCOCC. The van der Waals surface area contributed by atoms with E-state index in [9.17, 15) is 0 Å². The fraction of sp³-hybridized carbons (Fsp3) is 0.625. The van der Waals surface area contributed by atoms with E-state index in [2.05, 4.69) is 28.2 Å². The highest BCUT2D eigenvalue weighted by molar-refractivity contribution is 9.10. The average molecular weight is 360 g/mol. The Morgan fingerprint density at radius 1 is 1.19 bits per heavy atom. The Balaban J connectivity index is 2.65. The highest BCUT2D eigenvalue weighted by atomic mass is 79.9. The van der Waals surface area contributed by atoms with Crippen LogP contribution in [0.3, 0.4) is 0 Å². The van der Waals surface area contributed by atoms with Crippen LogP contribution in [0.1, 0.15) is 32.3 Å². The molecule has 1 rings (SSSR count). The highest BCUT2D eigenvalue weighted by Crippen LogP contribution is 2.36. The fourth-order valence-electron chi connectivity index (χ4n) is 1.93. The Bertz CT molecular complexity index is 413. The number of ether oxygens (including phenoxy) is 3. The molecule has 0 radical (unpaired) electrons. The van der Waals surface area contributed by atoms with Gasteiger partial charge in [0.1, 0.15) is 0 Å². The first-order valence-electron chi connectivity index (χ1n) is 7.51. The molecule has 5 heteroatoms. The van der Waals surface area contributed by atoms with Crippen LogP contribution in [-0.4, -0.2) is 33.5 Å². The van der Waals surface area contributed by atoms with Crippen LogP contribution >= 0.6 is 15.9 Å². The first kappa shape index (κ1) is 18.3. The third-order valence-corrected chi connectivity index (χ3v) is 3.73. The van der Waals surface area contributed by atoms with Crippen molar-refractivity contribution in [1.82, 2.24) is 5.32 Å². The summed E-state index contributed by atoms with van der Waals surface area (Å²) in [5, 5.41) is 3.42. The van der Waals surface area contributed by atoms with Crippen molar-refractivity contribution in [1.29, 1.82) is 0 Å². The molecule has 0 amide bonds. The second kappa shape index (κ2) is 10.9. The molecule has 0 saturated heterocycles. The van der Waals surface area contributed by atoms with Crippen molar-refractivity contribution in [3.63, 3.8) is 0 Å². The van der Waals surface area contributed by atoms with E-state index < -0.39 is 0 Å². The molecule has 0 saturated carbocycles. The summed E-state index contributed by atoms with van der Waals surface area (Å²) >= 11 is 3.60. The Morgan fingerprint density at radius 3 is 2.67 bits per heavy atom. The number of halogens is 1. The predicted molar refractivity (Wildman–Crippen MR) is 89.3 cm³/mol. The monoisotopic (exact) mass is 359 g/mol. The quantitative estimate of drug-likeness (QED) is 0.610. The van der Waals surface area contributed by atoms with Crippen LogP contribution in [-0.2, 0) is 11.3 Å². The smallest absolute Gasteiger partial charge is 0.166 e. The summed E-state index contributed by atoms with van der Waals surface area (Å²) in [4.78, 5) is 0. The number of benzene rings is 1. The van der Waals surface area contributed by atoms with E-state index in [1.165, 1.54) is 0 Å². The minimum Gasteiger partial charge on any atom is -0.493 e. The molecule has 0 aliphatic rings.